The number of aliphatic hydroxyl groups is 1. The number of hydrogen-bond donors (Lipinski definition) is 1. The quantitative estimate of drug-likeness (QED) is 0.540. The van der Waals surface area contributed by atoms with Crippen LogP contribution < -0.4 is 0 Å². The Balaban J connectivity index is 0. The van der Waals surface area contributed by atoms with Crippen LogP contribution >= 0.6 is 0 Å². The van der Waals surface area contributed by atoms with Crippen LogP contribution in [0.25, 0.3) is 0 Å². The Morgan fingerprint density at radius 3 is 1.69 bits per heavy atom. The first-order valence-electron chi connectivity index (χ1n) is 4.28. The molecular weight excluding hydrogens is 206 g/mol. The van der Waals surface area contributed by atoms with Gasteiger partial charge < -0.3 is 5.11 Å². The van der Waals surface area contributed by atoms with Crippen molar-refractivity contribution in [1.29, 1.82) is 0 Å². The fraction of sp³-hybridized carbons (Fsp3) is 1.00. The molecule has 0 atom stereocenters. The van der Waals surface area contributed by atoms with Gasteiger partial charge in [0, 0.05) is 21.7 Å². The van der Waals surface area contributed by atoms with Crippen LogP contribution in [0.3, 0.4) is 0 Å². The van der Waals surface area contributed by atoms with Crippen LogP contribution in [0, 0.1) is 0 Å². The molecule has 5 heteroatoms. The molecule has 0 aliphatic rings. The topological polar surface area (TPSA) is 41.9 Å². The molecule has 0 heterocycles. The van der Waals surface area contributed by atoms with E-state index in [2.05, 4.69) is 0 Å². The molecule has 0 saturated heterocycles. The minimum absolute atomic E-state index is 0. The standard InChI is InChI=1S/C8H19NO3.Ti/c1-7(2)11-9(5-6-10)12-8(3)4;/h7-8,10H,5-6H2,1-4H3;. The summed E-state index contributed by atoms with van der Waals surface area (Å²) in [5.41, 5.74) is 0. The van der Waals surface area contributed by atoms with Gasteiger partial charge in [-0.25, -0.2) is 0 Å². The number of hydrogen-bond acceptors (Lipinski definition) is 4. The van der Waals surface area contributed by atoms with E-state index in [1.165, 1.54) is 5.23 Å². The molecule has 78 valence electrons. The second-order valence-corrected chi connectivity index (χ2v) is 3.09. The Morgan fingerprint density at radius 1 is 1.08 bits per heavy atom. The molecule has 0 unspecified atom stereocenters. The summed E-state index contributed by atoms with van der Waals surface area (Å²) in [4.78, 5) is 10.5. The number of nitrogens with zero attached hydrogens (tertiary/aromatic N) is 1. The van der Waals surface area contributed by atoms with Crippen molar-refractivity contribution in [2.24, 2.45) is 0 Å². The van der Waals surface area contributed by atoms with Gasteiger partial charge >= 0.3 is 0 Å². The first-order chi connectivity index (χ1) is 5.56. The average Bonchev–Trinajstić information content (AvgIpc) is 1.84. The van der Waals surface area contributed by atoms with Crippen molar-refractivity contribution in [2.45, 2.75) is 39.9 Å². The Kier molecular flexibility index (Phi) is 11.2. The molecule has 0 aliphatic carbocycles. The van der Waals surface area contributed by atoms with E-state index in [4.69, 9.17) is 14.8 Å². The van der Waals surface area contributed by atoms with Crippen molar-refractivity contribution in [3.63, 3.8) is 0 Å². The van der Waals surface area contributed by atoms with E-state index in [0.29, 0.717) is 6.54 Å². The fourth-order valence-electron chi connectivity index (χ4n) is 0.682. The van der Waals surface area contributed by atoms with E-state index in [1.807, 2.05) is 27.7 Å². The zero-order chi connectivity index (χ0) is 9.56. The molecule has 1 N–H and O–H groups in total. The summed E-state index contributed by atoms with van der Waals surface area (Å²) in [6.45, 7) is 8.04. The van der Waals surface area contributed by atoms with Crippen molar-refractivity contribution in [3.05, 3.63) is 0 Å². The van der Waals surface area contributed by atoms with Gasteiger partial charge in [-0.1, -0.05) is 5.23 Å². The van der Waals surface area contributed by atoms with Gasteiger partial charge in [0.25, 0.3) is 0 Å². The third-order valence-electron chi connectivity index (χ3n) is 0.939. The molecule has 0 rings (SSSR count). The zero-order valence-corrected chi connectivity index (χ0v) is 10.3. The van der Waals surface area contributed by atoms with Gasteiger partial charge in [-0.3, -0.25) is 9.68 Å². The first-order valence-corrected chi connectivity index (χ1v) is 4.28. The minimum atomic E-state index is 0. The molecule has 0 fully saturated rings. The maximum absolute atomic E-state index is 8.66. The summed E-state index contributed by atoms with van der Waals surface area (Å²) in [6, 6.07) is 0. The predicted octanol–water partition coefficient (Wildman–Crippen LogP) is 0.958. The Bertz CT molecular complexity index is 102. The molecule has 0 amide bonds. The number of rotatable bonds is 6. The van der Waals surface area contributed by atoms with Gasteiger partial charge in [-0.15, -0.1) is 0 Å². The smallest absolute Gasteiger partial charge is 0.0763 e. The van der Waals surface area contributed by atoms with Crippen molar-refractivity contribution < 1.29 is 36.5 Å². The van der Waals surface area contributed by atoms with Crippen molar-refractivity contribution in [1.82, 2.24) is 5.23 Å². The van der Waals surface area contributed by atoms with Crippen LogP contribution in [0.4, 0.5) is 0 Å². The van der Waals surface area contributed by atoms with Crippen LogP contribution in [0.15, 0.2) is 0 Å². The molecule has 0 aromatic carbocycles. The fourth-order valence-corrected chi connectivity index (χ4v) is 0.682. The van der Waals surface area contributed by atoms with Crippen LogP contribution in [0.2, 0.25) is 0 Å². The summed E-state index contributed by atoms with van der Waals surface area (Å²) in [7, 11) is 0. The Hall–Kier alpha value is 0.554. The van der Waals surface area contributed by atoms with E-state index in [1.54, 1.807) is 0 Å². The van der Waals surface area contributed by atoms with Gasteiger partial charge in [0.15, 0.2) is 0 Å². The van der Waals surface area contributed by atoms with E-state index in [0.717, 1.165) is 0 Å². The van der Waals surface area contributed by atoms with E-state index < -0.39 is 0 Å². The normalized spacial score (nSPS) is 11.1. The minimum Gasteiger partial charge on any atom is -0.395 e. The number of aliphatic hydroxyl groups excluding tert-OH is 1. The average molecular weight is 225 g/mol. The van der Waals surface area contributed by atoms with Crippen molar-refractivity contribution >= 4 is 0 Å². The second-order valence-electron chi connectivity index (χ2n) is 3.09. The summed E-state index contributed by atoms with van der Waals surface area (Å²) in [5, 5.41) is 9.99. The molecule has 0 aromatic heterocycles. The predicted molar refractivity (Wildman–Crippen MR) is 46.2 cm³/mol. The van der Waals surface area contributed by atoms with E-state index >= 15 is 0 Å². The maximum Gasteiger partial charge on any atom is 0.0763 e. The molecule has 0 aromatic rings. The molecule has 4 nitrogen and oxygen atoms in total. The molecule has 0 radical (unpaired) electrons. The van der Waals surface area contributed by atoms with Gasteiger partial charge in [-0.2, -0.15) is 0 Å². The van der Waals surface area contributed by atoms with Gasteiger partial charge in [-0.05, 0) is 27.7 Å². The molecule has 13 heavy (non-hydrogen) atoms. The summed E-state index contributed by atoms with van der Waals surface area (Å²) >= 11 is 0. The third-order valence-corrected chi connectivity index (χ3v) is 0.939. The Morgan fingerprint density at radius 2 is 1.46 bits per heavy atom. The molecule has 0 saturated carbocycles. The van der Waals surface area contributed by atoms with Crippen LogP contribution in [0.1, 0.15) is 27.7 Å². The third kappa shape index (κ3) is 10.5. The van der Waals surface area contributed by atoms with Crippen molar-refractivity contribution in [2.75, 3.05) is 13.2 Å². The van der Waals surface area contributed by atoms with Crippen LogP contribution in [-0.4, -0.2) is 35.7 Å². The monoisotopic (exact) mass is 225 g/mol. The van der Waals surface area contributed by atoms with Crippen LogP contribution in [-0.2, 0) is 31.4 Å². The molecular formula is C8H19NO3Ti. The summed E-state index contributed by atoms with van der Waals surface area (Å²) in [6.07, 6.45) is 0.130. The second kappa shape index (κ2) is 9.12. The van der Waals surface area contributed by atoms with E-state index in [-0.39, 0.29) is 40.5 Å². The zero-order valence-electron chi connectivity index (χ0n) is 8.78. The largest absolute Gasteiger partial charge is 0.395 e. The first kappa shape index (κ1) is 16.0. The van der Waals surface area contributed by atoms with Gasteiger partial charge in [0.1, 0.15) is 0 Å². The summed E-state index contributed by atoms with van der Waals surface area (Å²) in [5.74, 6) is 0. The molecule has 0 bridgehead atoms. The molecule has 0 spiro atoms. The molecule has 0 aliphatic heterocycles. The van der Waals surface area contributed by atoms with Gasteiger partial charge in [0.2, 0.25) is 0 Å². The summed E-state index contributed by atoms with van der Waals surface area (Å²) < 4.78 is 0. The SMILES string of the molecule is CC(C)ON(CCO)OC(C)C.[Ti]. The maximum atomic E-state index is 8.66. The number of hydroxylamine groups is 2. The van der Waals surface area contributed by atoms with Crippen LogP contribution in [0.5, 0.6) is 0 Å². The van der Waals surface area contributed by atoms with Crippen molar-refractivity contribution in [3.8, 4) is 0 Å². The van der Waals surface area contributed by atoms with E-state index in [9.17, 15) is 0 Å². The van der Waals surface area contributed by atoms with Gasteiger partial charge in [0.05, 0.1) is 25.4 Å². The Labute approximate surface area is 95.0 Å².